The zero-order valence-electron chi connectivity index (χ0n) is 13.8. The van der Waals surface area contributed by atoms with E-state index in [1.807, 2.05) is 6.92 Å². The summed E-state index contributed by atoms with van der Waals surface area (Å²) in [4.78, 5) is 0.138. The molecule has 0 aliphatic carbocycles. The maximum Gasteiger partial charge on any atom is 0.297 e. The molecule has 1 rings (SSSR count). The summed E-state index contributed by atoms with van der Waals surface area (Å²) in [7, 11) is -3.73. The lowest BCUT2D eigenvalue weighted by atomic mass is 10.2. The molecule has 136 valence electrons. The molecule has 0 saturated heterocycles. The number of ether oxygens (including phenoxy) is 3. The second-order valence-electron chi connectivity index (χ2n) is 4.83. The number of hydrogen-bond acceptors (Lipinski definition) is 7. The van der Waals surface area contributed by atoms with Gasteiger partial charge in [0.15, 0.2) is 0 Å². The molecule has 0 heterocycles. The number of nitrogens with two attached hydrogens (primary N) is 1. The van der Waals surface area contributed by atoms with Crippen molar-refractivity contribution in [2.24, 2.45) is 5.11 Å². The van der Waals surface area contributed by atoms with Crippen molar-refractivity contribution in [1.29, 1.82) is 0 Å². The maximum atomic E-state index is 11.9. The van der Waals surface area contributed by atoms with Gasteiger partial charge in [0, 0.05) is 0 Å². The smallest absolute Gasteiger partial charge is 0.297 e. The van der Waals surface area contributed by atoms with Gasteiger partial charge in [-0.2, -0.15) is 13.9 Å². The first-order valence-corrected chi connectivity index (χ1v) is 9.03. The van der Waals surface area contributed by atoms with Gasteiger partial charge in [0.25, 0.3) is 10.1 Å². The van der Waals surface area contributed by atoms with E-state index in [-0.39, 0.29) is 18.1 Å². The van der Waals surface area contributed by atoms with Gasteiger partial charge in [-0.15, -0.1) is 0 Å². The number of benzene rings is 1. The van der Waals surface area contributed by atoms with E-state index in [1.54, 1.807) is 12.1 Å². The Bertz CT molecular complexity index is 562. The normalized spacial score (nSPS) is 11.5. The number of aryl methyl sites for hydroxylation is 1. The van der Waals surface area contributed by atoms with E-state index in [2.05, 4.69) is 5.11 Å². The maximum absolute atomic E-state index is 11.9. The lowest BCUT2D eigenvalue weighted by Gasteiger charge is -2.07. The predicted molar refractivity (Wildman–Crippen MR) is 86.0 cm³/mol. The van der Waals surface area contributed by atoms with Crippen LogP contribution in [0.5, 0.6) is 0 Å². The zero-order valence-corrected chi connectivity index (χ0v) is 14.7. The van der Waals surface area contributed by atoms with Crippen LogP contribution in [-0.4, -0.2) is 61.2 Å². The van der Waals surface area contributed by atoms with Gasteiger partial charge in [-0.25, -0.2) is 0 Å². The van der Waals surface area contributed by atoms with Gasteiger partial charge in [0.05, 0.1) is 51.1 Å². The van der Waals surface area contributed by atoms with E-state index in [9.17, 15) is 8.42 Å². The van der Waals surface area contributed by atoms with Gasteiger partial charge < -0.3 is 14.2 Å². The third-order valence-electron chi connectivity index (χ3n) is 2.88. The molecule has 8 nitrogen and oxygen atoms in total. The minimum Gasteiger partial charge on any atom is -0.377 e. The van der Waals surface area contributed by atoms with Gasteiger partial charge in [-0.3, -0.25) is 4.18 Å². The lowest BCUT2D eigenvalue weighted by molar-refractivity contribution is -0.223. The molecule has 1 aromatic carbocycles. The average molecular weight is 361 g/mol. The van der Waals surface area contributed by atoms with Crippen molar-refractivity contribution >= 4 is 10.1 Å². The van der Waals surface area contributed by atoms with Gasteiger partial charge in [0.1, 0.15) is 6.54 Å². The zero-order chi connectivity index (χ0) is 17.7. The molecule has 0 saturated carbocycles. The monoisotopic (exact) mass is 361 g/mol. The van der Waals surface area contributed by atoms with E-state index in [4.69, 9.17) is 23.9 Å². The molecule has 9 heteroatoms. The van der Waals surface area contributed by atoms with Crippen molar-refractivity contribution < 1.29 is 32.3 Å². The van der Waals surface area contributed by atoms with Gasteiger partial charge in [0.2, 0.25) is 0 Å². The minimum absolute atomic E-state index is 0.0398. The van der Waals surface area contributed by atoms with Crippen molar-refractivity contribution in [2.45, 2.75) is 11.8 Å². The Kier molecular flexibility index (Phi) is 10.4. The summed E-state index contributed by atoms with van der Waals surface area (Å²) in [6, 6.07) is 6.48. The molecule has 0 bridgehead atoms. The molecule has 0 atom stereocenters. The number of nitrogens with zero attached hydrogens (tertiary/aromatic N) is 1. The van der Waals surface area contributed by atoms with E-state index in [0.717, 1.165) is 5.56 Å². The Morgan fingerprint density at radius 1 is 0.875 bits per heavy atom. The van der Waals surface area contributed by atoms with Crippen LogP contribution in [0.15, 0.2) is 34.3 Å². The van der Waals surface area contributed by atoms with Crippen molar-refractivity contribution in [3.63, 3.8) is 0 Å². The highest BCUT2D eigenvalue weighted by Gasteiger charge is 2.14. The molecule has 0 aliphatic rings. The number of rotatable bonds is 14. The SMILES string of the molecule is Cc1ccc(S(=O)(=O)OCCOCCOCCOCCN=[NH2+])cc1. The van der Waals surface area contributed by atoms with Gasteiger partial charge in [-0.05, 0) is 24.2 Å². The Labute approximate surface area is 142 Å². The fourth-order valence-electron chi connectivity index (χ4n) is 1.63. The Morgan fingerprint density at radius 2 is 1.38 bits per heavy atom. The molecule has 0 fully saturated rings. The highest BCUT2D eigenvalue weighted by atomic mass is 32.2. The Balaban J connectivity index is 2.02. The van der Waals surface area contributed by atoms with Crippen molar-refractivity contribution in [2.75, 3.05) is 52.8 Å². The lowest BCUT2D eigenvalue weighted by Crippen LogP contribution is -2.25. The van der Waals surface area contributed by atoms with Crippen molar-refractivity contribution in [3.8, 4) is 0 Å². The predicted octanol–water partition coefficient (Wildman–Crippen LogP) is -0.0386. The third kappa shape index (κ3) is 9.04. The molecule has 0 radical (unpaired) electrons. The fraction of sp³-hybridized carbons (Fsp3) is 0.600. The van der Waals surface area contributed by atoms with Crippen molar-refractivity contribution in [1.82, 2.24) is 0 Å². The summed E-state index contributed by atoms with van der Waals surface area (Å²) in [5, 5.41) is 3.41. The third-order valence-corrected chi connectivity index (χ3v) is 4.21. The quantitative estimate of drug-likeness (QED) is 0.283. The highest BCUT2D eigenvalue weighted by Crippen LogP contribution is 2.12. The summed E-state index contributed by atoms with van der Waals surface area (Å²) in [6.45, 7) is 4.62. The minimum atomic E-state index is -3.73. The molecular weight excluding hydrogens is 336 g/mol. The van der Waals surface area contributed by atoms with Crippen LogP contribution in [0.2, 0.25) is 0 Å². The summed E-state index contributed by atoms with van der Waals surface area (Å²) in [6.07, 6.45) is 0. The van der Waals surface area contributed by atoms with Crippen LogP contribution in [-0.2, 0) is 28.5 Å². The first-order chi connectivity index (χ1) is 11.6. The van der Waals surface area contributed by atoms with Crippen LogP contribution in [0.1, 0.15) is 5.56 Å². The van der Waals surface area contributed by atoms with Gasteiger partial charge in [-0.1, -0.05) is 17.7 Å². The molecule has 0 unspecified atom stereocenters. The Morgan fingerprint density at radius 3 is 1.92 bits per heavy atom. The molecule has 2 N–H and O–H groups in total. The topological polar surface area (TPSA) is 109 Å². The van der Waals surface area contributed by atoms with Crippen LogP contribution in [0.3, 0.4) is 0 Å². The first kappa shape index (κ1) is 20.7. The van der Waals surface area contributed by atoms with E-state index in [0.29, 0.717) is 39.6 Å². The van der Waals surface area contributed by atoms with E-state index < -0.39 is 10.1 Å². The average Bonchev–Trinajstić information content (AvgIpc) is 2.56. The summed E-state index contributed by atoms with van der Waals surface area (Å²) in [5.74, 6) is 0. The summed E-state index contributed by atoms with van der Waals surface area (Å²) < 4.78 is 44.4. The van der Waals surface area contributed by atoms with Gasteiger partial charge >= 0.3 is 0 Å². The summed E-state index contributed by atoms with van der Waals surface area (Å²) in [5.41, 5.74) is 5.95. The molecule has 0 aromatic heterocycles. The Hall–Kier alpha value is -1.39. The molecule has 0 amide bonds. The van der Waals surface area contributed by atoms with E-state index >= 15 is 0 Å². The standard InChI is InChI=1S/C15H24N2O6S/c1-14-2-4-15(5-3-14)24(18,19)23-13-12-22-11-10-21-9-8-20-7-6-17-16/h2-5,16H,6-13H2,1H3/p+1. The fourth-order valence-corrected chi connectivity index (χ4v) is 2.53. The van der Waals surface area contributed by atoms with Crippen LogP contribution in [0.4, 0.5) is 0 Å². The summed E-state index contributed by atoms with van der Waals surface area (Å²) >= 11 is 0. The molecule has 24 heavy (non-hydrogen) atoms. The van der Waals surface area contributed by atoms with Crippen LogP contribution in [0, 0.1) is 6.92 Å². The van der Waals surface area contributed by atoms with Crippen molar-refractivity contribution in [3.05, 3.63) is 29.8 Å². The molecule has 0 aliphatic heterocycles. The largest absolute Gasteiger partial charge is 0.377 e. The highest BCUT2D eigenvalue weighted by molar-refractivity contribution is 7.86. The van der Waals surface area contributed by atoms with Crippen LogP contribution < -0.4 is 5.53 Å². The number of hydrogen-bond donors (Lipinski definition) is 1. The van der Waals surface area contributed by atoms with Crippen LogP contribution in [0.25, 0.3) is 0 Å². The van der Waals surface area contributed by atoms with E-state index in [1.165, 1.54) is 12.1 Å². The molecule has 1 aromatic rings. The van der Waals surface area contributed by atoms with Crippen LogP contribution >= 0.6 is 0 Å². The second-order valence-corrected chi connectivity index (χ2v) is 6.45. The first-order valence-electron chi connectivity index (χ1n) is 7.62. The second kappa shape index (κ2) is 12.0. The molecule has 0 spiro atoms. The molecular formula is C15H25N2O6S+.